The van der Waals surface area contributed by atoms with Crippen molar-refractivity contribution in [1.29, 1.82) is 0 Å². The molecule has 0 aromatic heterocycles. The van der Waals surface area contributed by atoms with Gasteiger partial charge in [0.2, 0.25) is 0 Å². The first-order valence-electron chi connectivity index (χ1n) is 7.33. The van der Waals surface area contributed by atoms with Crippen LogP contribution in [0, 0.1) is 0 Å². The minimum Gasteiger partial charge on any atom is -0.374 e. The molecule has 0 aliphatic carbocycles. The molecule has 3 nitrogen and oxygen atoms in total. The van der Waals surface area contributed by atoms with E-state index < -0.39 is 0 Å². The molecule has 1 fully saturated rings. The van der Waals surface area contributed by atoms with Crippen LogP contribution in [0.2, 0.25) is 0 Å². The molecule has 0 saturated carbocycles. The molecular weight excluding hydrogens is 236 g/mol. The molecule has 1 aromatic rings. The van der Waals surface area contributed by atoms with Gasteiger partial charge in [-0.05, 0) is 31.5 Å². The van der Waals surface area contributed by atoms with Gasteiger partial charge in [0.1, 0.15) is 0 Å². The summed E-state index contributed by atoms with van der Waals surface area (Å²) in [6.07, 6.45) is 1.42. The first kappa shape index (κ1) is 14.5. The fourth-order valence-electron chi connectivity index (χ4n) is 2.69. The molecule has 0 amide bonds. The van der Waals surface area contributed by atoms with E-state index in [2.05, 4.69) is 48.3 Å². The van der Waals surface area contributed by atoms with E-state index >= 15 is 0 Å². The highest BCUT2D eigenvalue weighted by atomic mass is 16.5. The van der Waals surface area contributed by atoms with E-state index in [9.17, 15) is 0 Å². The van der Waals surface area contributed by atoms with Gasteiger partial charge in [-0.2, -0.15) is 0 Å². The average molecular weight is 262 g/mol. The second kappa shape index (κ2) is 7.04. The number of rotatable bonds is 5. The van der Waals surface area contributed by atoms with Gasteiger partial charge < -0.3 is 10.1 Å². The Morgan fingerprint density at radius 2 is 2.11 bits per heavy atom. The predicted octanol–water partition coefficient (Wildman–Crippen LogP) is 2.23. The molecule has 2 rings (SSSR count). The molecule has 1 aliphatic rings. The van der Waals surface area contributed by atoms with Gasteiger partial charge in [-0.3, -0.25) is 4.90 Å². The molecule has 0 radical (unpaired) electrons. The molecule has 1 heterocycles. The quantitative estimate of drug-likeness (QED) is 0.880. The Morgan fingerprint density at radius 1 is 1.37 bits per heavy atom. The van der Waals surface area contributed by atoms with Crippen molar-refractivity contribution in [3.05, 3.63) is 35.4 Å². The Kier molecular flexibility index (Phi) is 5.37. The zero-order chi connectivity index (χ0) is 13.7. The molecule has 1 aliphatic heterocycles. The van der Waals surface area contributed by atoms with Gasteiger partial charge in [0.15, 0.2) is 0 Å². The first-order chi connectivity index (χ1) is 9.24. The van der Waals surface area contributed by atoms with Crippen LogP contribution in [0.25, 0.3) is 0 Å². The van der Waals surface area contributed by atoms with Crippen LogP contribution in [-0.2, 0) is 11.2 Å². The number of nitrogens with one attached hydrogen (secondary N) is 1. The topological polar surface area (TPSA) is 24.5 Å². The molecule has 1 N–H and O–H groups in total. The molecule has 2 unspecified atom stereocenters. The van der Waals surface area contributed by atoms with E-state index in [1.54, 1.807) is 0 Å². The second-order valence-corrected chi connectivity index (χ2v) is 5.32. The van der Waals surface area contributed by atoms with Gasteiger partial charge in [-0.15, -0.1) is 0 Å². The van der Waals surface area contributed by atoms with E-state index in [4.69, 9.17) is 4.74 Å². The molecule has 3 heteroatoms. The number of aryl methyl sites for hydroxylation is 1. The largest absolute Gasteiger partial charge is 0.374 e. The minimum atomic E-state index is 0.316. The maximum Gasteiger partial charge on any atom is 0.0826 e. The highest BCUT2D eigenvalue weighted by Crippen LogP contribution is 2.23. The first-order valence-corrected chi connectivity index (χ1v) is 7.33. The number of hydrogen-bond acceptors (Lipinski definition) is 3. The number of likely N-dealkylation sites (N-methyl/N-ethyl adjacent to an activating group) is 1. The van der Waals surface area contributed by atoms with E-state index in [1.807, 2.05) is 7.05 Å². The molecule has 1 aromatic carbocycles. The van der Waals surface area contributed by atoms with E-state index in [-0.39, 0.29) is 0 Å². The van der Waals surface area contributed by atoms with Crippen LogP contribution in [-0.4, -0.2) is 44.3 Å². The van der Waals surface area contributed by atoms with Crippen molar-refractivity contribution in [2.45, 2.75) is 32.4 Å². The van der Waals surface area contributed by atoms with Crippen LogP contribution in [0.5, 0.6) is 0 Å². The van der Waals surface area contributed by atoms with E-state index in [1.165, 1.54) is 11.1 Å². The summed E-state index contributed by atoms with van der Waals surface area (Å²) in [6.45, 7) is 8.29. The summed E-state index contributed by atoms with van der Waals surface area (Å²) in [5.74, 6) is 0. The molecule has 1 saturated heterocycles. The average Bonchev–Trinajstić information content (AvgIpc) is 2.47. The number of ether oxygens (including phenoxy) is 1. The number of hydrogen-bond donors (Lipinski definition) is 1. The molecule has 19 heavy (non-hydrogen) atoms. The van der Waals surface area contributed by atoms with Gasteiger partial charge in [0, 0.05) is 25.7 Å². The number of morpholine rings is 1. The van der Waals surface area contributed by atoms with Gasteiger partial charge in [0.05, 0.1) is 12.7 Å². The minimum absolute atomic E-state index is 0.316. The standard InChI is InChI=1S/C16H26N2O/c1-4-14-5-7-15(8-6-14)13(2)18-9-10-19-16(12-18)11-17-3/h5-8,13,16-17H,4,9-12H2,1-3H3. The Hall–Kier alpha value is -0.900. The van der Waals surface area contributed by atoms with E-state index in [0.717, 1.165) is 32.7 Å². The monoisotopic (exact) mass is 262 g/mol. The van der Waals surface area contributed by atoms with Gasteiger partial charge >= 0.3 is 0 Å². The molecule has 0 bridgehead atoms. The number of benzene rings is 1. The zero-order valence-corrected chi connectivity index (χ0v) is 12.4. The van der Waals surface area contributed by atoms with Crippen LogP contribution < -0.4 is 5.32 Å². The van der Waals surface area contributed by atoms with Crippen molar-refractivity contribution in [3.63, 3.8) is 0 Å². The SMILES string of the molecule is CCc1ccc(C(C)N2CCOC(CNC)C2)cc1. The van der Waals surface area contributed by atoms with Crippen molar-refractivity contribution >= 4 is 0 Å². The lowest BCUT2D eigenvalue weighted by Crippen LogP contribution is -2.46. The maximum atomic E-state index is 5.77. The summed E-state index contributed by atoms with van der Waals surface area (Å²) in [5.41, 5.74) is 2.81. The Balaban J connectivity index is 1.99. The third-order valence-electron chi connectivity index (χ3n) is 4.02. The third-order valence-corrected chi connectivity index (χ3v) is 4.02. The van der Waals surface area contributed by atoms with Crippen molar-refractivity contribution in [1.82, 2.24) is 10.2 Å². The van der Waals surface area contributed by atoms with Crippen LogP contribution >= 0.6 is 0 Å². The lowest BCUT2D eigenvalue weighted by molar-refractivity contribution is -0.0393. The van der Waals surface area contributed by atoms with Crippen molar-refractivity contribution < 1.29 is 4.74 Å². The van der Waals surface area contributed by atoms with Crippen molar-refractivity contribution in [3.8, 4) is 0 Å². The lowest BCUT2D eigenvalue weighted by Gasteiger charge is -2.37. The van der Waals surface area contributed by atoms with Gasteiger partial charge in [0.25, 0.3) is 0 Å². The predicted molar refractivity (Wildman–Crippen MR) is 79.5 cm³/mol. The zero-order valence-electron chi connectivity index (χ0n) is 12.4. The van der Waals surface area contributed by atoms with Crippen LogP contribution in [0.3, 0.4) is 0 Å². The normalized spacial score (nSPS) is 22.4. The van der Waals surface area contributed by atoms with Crippen molar-refractivity contribution in [2.75, 3.05) is 33.3 Å². The molecule has 2 atom stereocenters. The summed E-state index contributed by atoms with van der Waals surface area (Å²) in [6, 6.07) is 9.50. The van der Waals surface area contributed by atoms with Crippen LogP contribution in [0.15, 0.2) is 24.3 Å². The Bertz CT molecular complexity index is 375. The fourth-order valence-corrected chi connectivity index (χ4v) is 2.69. The molecule has 0 spiro atoms. The molecule has 106 valence electrons. The van der Waals surface area contributed by atoms with Crippen molar-refractivity contribution in [2.24, 2.45) is 0 Å². The van der Waals surface area contributed by atoms with Crippen LogP contribution in [0.1, 0.15) is 31.0 Å². The Morgan fingerprint density at radius 3 is 2.74 bits per heavy atom. The lowest BCUT2D eigenvalue weighted by atomic mass is 10.0. The summed E-state index contributed by atoms with van der Waals surface area (Å²) in [7, 11) is 1.98. The maximum absolute atomic E-state index is 5.77. The second-order valence-electron chi connectivity index (χ2n) is 5.32. The van der Waals surface area contributed by atoms with Gasteiger partial charge in [-0.25, -0.2) is 0 Å². The Labute approximate surface area is 116 Å². The van der Waals surface area contributed by atoms with E-state index in [0.29, 0.717) is 12.1 Å². The number of nitrogens with zero attached hydrogens (tertiary/aromatic N) is 1. The smallest absolute Gasteiger partial charge is 0.0826 e. The van der Waals surface area contributed by atoms with Gasteiger partial charge in [-0.1, -0.05) is 31.2 Å². The fraction of sp³-hybridized carbons (Fsp3) is 0.625. The summed E-state index contributed by atoms with van der Waals surface area (Å²) < 4.78 is 5.77. The highest BCUT2D eigenvalue weighted by molar-refractivity contribution is 5.24. The molecular formula is C16H26N2O. The summed E-state index contributed by atoms with van der Waals surface area (Å²) in [5, 5.41) is 3.20. The summed E-state index contributed by atoms with van der Waals surface area (Å²) >= 11 is 0. The third kappa shape index (κ3) is 3.78. The summed E-state index contributed by atoms with van der Waals surface area (Å²) in [4.78, 5) is 2.52. The highest BCUT2D eigenvalue weighted by Gasteiger charge is 2.24. The van der Waals surface area contributed by atoms with Crippen LogP contribution in [0.4, 0.5) is 0 Å².